The Kier molecular flexibility index (Phi) is 9.91. The van der Waals surface area contributed by atoms with Crippen molar-refractivity contribution < 1.29 is 14.3 Å². The van der Waals surface area contributed by atoms with E-state index in [-0.39, 0.29) is 36.2 Å². The molecule has 1 N–H and O–H groups in total. The Balaban J connectivity index is 1.16. The van der Waals surface area contributed by atoms with Gasteiger partial charge in [0.25, 0.3) is 0 Å². The number of allylic oxidation sites excluding steroid dienone is 1. The number of aromatic nitrogens is 1. The minimum absolute atomic E-state index is 0.0567. The van der Waals surface area contributed by atoms with Gasteiger partial charge in [0, 0.05) is 24.4 Å². The van der Waals surface area contributed by atoms with Gasteiger partial charge in [-0.05, 0) is 104 Å². The molecule has 4 aliphatic carbocycles. The lowest BCUT2D eigenvalue weighted by atomic mass is 9.47. The second kappa shape index (κ2) is 13.1. The summed E-state index contributed by atoms with van der Waals surface area (Å²) >= 11 is 1.38. The van der Waals surface area contributed by atoms with Crippen LogP contribution in [0.3, 0.4) is 0 Å². The fraction of sp³-hybridized carbons (Fsp3) is 0.806. The molecule has 0 aromatic carbocycles. The smallest absolute Gasteiger partial charge is 0.306 e. The van der Waals surface area contributed by atoms with Gasteiger partial charge >= 0.3 is 5.97 Å². The highest BCUT2D eigenvalue weighted by atomic mass is 32.1. The summed E-state index contributed by atoms with van der Waals surface area (Å²) in [4.78, 5) is 28.9. The Bertz CT molecular complexity index is 1110. The van der Waals surface area contributed by atoms with Crippen LogP contribution in [0.1, 0.15) is 125 Å². The van der Waals surface area contributed by atoms with Crippen LogP contribution in [0, 0.1) is 52.3 Å². The van der Waals surface area contributed by atoms with E-state index in [0.29, 0.717) is 10.5 Å². The van der Waals surface area contributed by atoms with Crippen molar-refractivity contribution in [3.63, 3.8) is 0 Å². The largest absolute Gasteiger partial charge is 0.462 e. The number of hydrogen-bond acceptors (Lipinski definition) is 5. The summed E-state index contributed by atoms with van der Waals surface area (Å²) in [7, 11) is 0. The molecule has 1 amide bonds. The van der Waals surface area contributed by atoms with E-state index in [1.54, 1.807) is 11.8 Å². The number of esters is 1. The maximum atomic E-state index is 12.6. The number of nitrogens with zero attached hydrogens (tertiary/aromatic N) is 1. The summed E-state index contributed by atoms with van der Waals surface area (Å²) in [5, 5.41) is 5.13. The van der Waals surface area contributed by atoms with Gasteiger partial charge in [0.15, 0.2) is 5.13 Å². The molecule has 0 aliphatic heterocycles. The third-order valence-electron chi connectivity index (χ3n) is 12.8. The van der Waals surface area contributed by atoms with Crippen LogP contribution in [-0.4, -0.2) is 23.0 Å². The quantitative estimate of drug-likeness (QED) is 0.204. The molecule has 1 heterocycles. The molecule has 5 nitrogen and oxygen atoms in total. The molecule has 3 saturated carbocycles. The third kappa shape index (κ3) is 6.40. The molecule has 0 unspecified atom stereocenters. The van der Waals surface area contributed by atoms with Crippen LogP contribution in [0.15, 0.2) is 23.2 Å². The highest BCUT2D eigenvalue weighted by Crippen LogP contribution is 2.67. The van der Waals surface area contributed by atoms with Gasteiger partial charge in [-0.1, -0.05) is 66.0 Å². The summed E-state index contributed by atoms with van der Waals surface area (Å²) in [6.07, 6.45) is 18.2. The van der Waals surface area contributed by atoms with Gasteiger partial charge in [-0.25, -0.2) is 4.98 Å². The van der Waals surface area contributed by atoms with Gasteiger partial charge in [0.1, 0.15) is 6.10 Å². The number of fused-ring (bicyclic) bond motifs is 5. The molecular formula is C36H56N2O3S. The van der Waals surface area contributed by atoms with Crippen molar-refractivity contribution in [2.24, 2.45) is 52.3 Å². The molecule has 0 bridgehead atoms. The van der Waals surface area contributed by atoms with E-state index in [4.69, 9.17) is 4.74 Å². The first kappa shape index (κ1) is 31.7. The molecule has 9 atom stereocenters. The summed E-state index contributed by atoms with van der Waals surface area (Å²) in [6.45, 7) is 15.0. The first-order chi connectivity index (χ1) is 20.0. The molecule has 5 rings (SSSR count). The van der Waals surface area contributed by atoms with Crippen molar-refractivity contribution in [2.45, 2.75) is 131 Å². The second-order valence-corrected chi connectivity index (χ2v) is 16.1. The van der Waals surface area contributed by atoms with Gasteiger partial charge < -0.3 is 10.1 Å². The Morgan fingerprint density at radius 3 is 2.60 bits per heavy atom. The minimum Gasteiger partial charge on any atom is -0.462 e. The molecule has 0 saturated heterocycles. The Morgan fingerprint density at radius 1 is 1.07 bits per heavy atom. The second-order valence-electron chi connectivity index (χ2n) is 15.2. The highest BCUT2D eigenvalue weighted by Gasteiger charge is 2.59. The van der Waals surface area contributed by atoms with Crippen LogP contribution in [0.2, 0.25) is 0 Å². The normalized spacial score (nSPS) is 35.4. The summed E-state index contributed by atoms with van der Waals surface area (Å²) in [5.74, 6) is 5.37. The number of carbonyl (C=O) groups is 2. The lowest BCUT2D eigenvalue weighted by Crippen LogP contribution is -2.51. The zero-order chi connectivity index (χ0) is 30.1. The van der Waals surface area contributed by atoms with E-state index in [2.05, 4.69) is 57.9 Å². The van der Waals surface area contributed by atoms with E-state index in [1.807, 2.05) is 5.38 Å². The van der Waals surface area contributed by atoms with Crippen LogP contribution in [0.5, 0.6) is 0 Å². The Hall–Kier alpha value is -1.69. The number of anilines is 1. The predicted octanol–water partition coefficient (Wildman–Crippen LogP) is 9.45. The summed E-state index contributed by atoms with van der Waals surface area (Å²) in [6, 6.07) is 0. The molecule has 3 fully saturated rings. The average molecular weight is 597 g/mol. The Morgan fingerprint density at radius 2 is 1.88 bits per heavy atom. The van der Waals surface area contributed by atoms with Gasteiger partial charge in [-0.2, -0.15) is 0 Å². The van der Waals surface area contributed by atoms with E-state index in [0.717, 1.165) is 60.7 Å². The fourth-order valence-electron chi connectivity index (χ4n) is 10.3. The number of nitrogens with one attached hydrogen (secondary N) is 1. The van der Waals surface area contributed by atoms with Crippen LogP contribution in [0.25, 0.3) is 0 Å². The monoisotopic (exact) mass is 596 g/mol. The van der Waals surface area contributed by atoms with E-state index >= 15 is 0 Å². The van der Waals surface area contributed by atoms with Crippen molar-refractivity contribution in [1.82, 2.24) is 4.98 Å². The van der Waals surface area contributed by atoms with E-state index in [9.17, 15) is 9.59 Å². The Labute approximate surface area is 259 Å². The van der Waals surface area contributed by atoms with Gasteiger partial charge in [0.05, 0.1) is 6.42 Å². The summed E-state index contributed by atoms with van der Waals surface area (Å²) in [5.41, 5.74) is 2.29. The number of carbonyl (C=O) groups excluding carboxylic acids is 2. The fourth-order valence-corrected chi connectivity index (χ4v) is 10.9. The first-order valence-electron chi connectivity index (χ1n) is 17.1. The molecular weight excluding hydrogens is 540 g/mol. The van der Waals surface area contributed by atoms with Crippen molar-refractivity contribution in [3.05, 3.63) is 23.2 Å². The molecule has 42 heavy (non-hydrogen) atoms. The lowest BCUT2D eigenvalue weighted by Gasteiger charge is -2.58. The maximum absolute atomic E-state index is 12.6. The molecule has 234 valence electrons. The number of rotatable bonds is 11. The third-order valence-corrected chi connectivity index (χ3v) is 13.5. The van der Waals surface area contributed by atoms with Gasteiger partial charge in [-0.15, -0.1) is 11.3 Å². The SMILES string of the molecule is CC[C@H](CC[C@@H](C)[C@H]1CC[C@H]2[C@@H]3CC=C4C[C@@H](OC(=O)CCC(=O)Nc5nccs5)CC[C@]4(C)[C@H]3CC[C@]12C)C(C)C. The predicted molar refractivity (Wildman–Crippen MR) is 172 cm³/mol. The number of thiazole rings is 1. The molecule has 6 heteroatoms. The summed E-state index contributed by atoms with van der Waals surface area (Å²) < 4.78 is 5.92. The van der Waals surface area contributed by atoms with Crippen LogP contribution >= 0.6 is 11.3 Å². The van der Waals surface area contributed by atoms with Crippen molar-refractivity contribution in [3.8, 4) is 0 Å². The molecule has 0 spiro atoms. The molecule has 1 aromatic heterocycles. The van der Waals surface area contributed by atoms with Crippen LogP contribution < -0.4 is 5.32 Å². The zero-order valence-corrected chi connectivity index (χ0v) is 27.9. The molecule has 0 radical (unpaired) electrons. The van der Waals surface area contributed by atoms with E-state index < -0.39 is 0 Å². The van der Waals surface area contributed by atoms with Gasteiger partial charge in [-0.3, -0.25) is 9.59 Å². The maximum Gasteiger partial charge on any atom is 0.306 e. The van der Waals surface area contributed by atoms with Crippen molar-refractivity contribution >= 4 is 28.3 Å². The zero-order valence-electron chi connectivity index (χ0n) is 27.1. The van der Waals surface area contributed by atoms with Crippen LogP contribution in [-0.2, 0) is 14.3 Å². The van der Waals surface area contributed by atoms with Crippen molar-refractivity contribution in [2.75, 3.05) is 5.32 Å². The minimum atomic E-state index is -0.259. The number of ether oxygens (including phenoxy) is 1. The molecule has 1 aromatic rings. The average Bonchev–Trinajstić information content (AvgIpc) is 3.59. The van der Waals surface area contributed by atoms with Crippen molar-refractivity contribution in [1.29, 1.82) is 0 Å². The van der Waals surface area contributed by atoms with Crippen LogP contribution in [0.4, 0.5) is 5.13 Å². The first-order valence-corrected chi connectivity index (χ1v) is 18.0. The number of hydrogen-bond donors (Lipinski definition) is 1. The molecule has 4 aliphatic rings. The van der Waals surface area contributed by atoms with E-state index in [1.165, 1.54) is 62.7 Å². The standard InChI is InChI=1S/C36H56N2O3S/c1-7-25(23(2)3)9-8-24(4)29-12-13-30-28-11-10-26-22-27(16-18-35(26,5)31(28)17-19-36(29,30)6)41-33(40)15-14-32(39)38-34-37-20-21-42-34/h10,20-21,23-25,27-31H,7-9,11-19,22H2,1-6H3,(H,37,38,39)/t24-,25-,27+,28+,29-,30+,31+,35+,36-/m1/s1. The number of amides is 1. The lowest BCUT2D eigenvalue weighted by molar-refractivity contribution is -0.152. The topological polar surface area (TPSA) is 68.3 Å². The highest BCUT2D eigenvalue weighted by molar-refractivity contribution is 7.13. The van der Waals surface area contributed by atoms with Gasteiger partial charge in [0.2, 0.25) is 5.91 Å².